The van der Waals surface area contributed by atoms with Gasteiger partial charge < -0.3 is 40.4 Å². The van der Waals surface area contributed by atoms with Gasteiger partial charge in [0.1, 0.15) is 30.5 Å². The van der Waals surface area contributed by atoms with Crippen LogP contribution in [0.3, 0.4) is 0 Å². The number of rotatable bonds is 2. The van der Waals surface area contributed by atoms with Crippen LogP contribution in [-0.4, -0.2) is 76.7 Å². The molecular weight excluding hydrogens is 263 g/mol. The van der Waals surface area contributed by atoms with E-state index in [1.807, 2.05) is 0 Å². The standard InChI is InChI=1S/C6H13O10P/c7-1-2(8)4(10)6(12,5(11)3(1)9)16-17(13,14)15/h1-5,7-12H,(H2,13,14,15)/t1?,2-,3-,4-,5+,6?/m0/s1. The molecule has 0 aromatic heterocycles. The van der Waals surface area contributed by atoms with Crippen molar-refractivity contribution in [2.45, 2.75) is 36.3 Å². The lowest BCUT2D eigenvalue weighted by Crippen LogP contribution is -2.71. The molecule has 11 heteroatoms. The van der Waals surface area contributed by atoms with Gasteiger partial charge in [0.25, 0.3) is 0 Å². The molecule has 2 unspecified atom stereocenters. The van der Waals surface area contributed by atoms with Crippen LogP contribution in [0.4, 0.5) is 0 Å². The fourth-order valence-corrected chi connectivity index (χ4v) is 2.14. The van der Waals surface area contributed by atoms with Gasteiger partial charge >= 0.3 is 7.82 Å². The van der Waals surface area contributed by atoms with E-state index in [1.54, 1.807) is 0 Å². The minimum atomic E-state index is -5.32. The molecule has 1 saturated carbocycles. The van der Waals surface area contributed by atoms with Gasteiger partial charge in [-0.25, -0.2) is 9.09 Å². The molecule has 1 fully saturated rings. The van der Waals surface area contributed by atoms with Gasteiger partial charge in [0.15, 0.2) is 0 Å². The molecule has 1 aliphatic carbocycles. The summed E-state index contributed by atoms with van der Waals surface area (Å²) < 4.78 is 14.3. The Hall–Kier alpha value is -0.130. The van der Waals surface area contributed by atoms with Crippen molar-refractivity contribution in [3.05, 3.63) is 0 Å². The van der Waals surface area contributed by atoms with E-state index in [9.17, 15) is 30.1 Å². The maximum atomic E-state index is 10.6. The van der Waals surface area contributed by atoms with Crippen molar-refractivity contribution in [2.24, 2.45) is 0 Å². The third-order valence-electron chi connectivity index (χ3n) is 2.46. The summed E-state index contributed by atoms with van der Waals surface area (Å²) in [7, 11) is -5.32. The summed E-state index contributed by atoms with van der Waals surface area (Å²) in [6, 6.07) is 0. The Morgan fingerprint density at radius 1 is 0.882 bits per heavy atom. The Morgan fingerprint density at radius 3 is 1.53 bits per heavy atom. The lowest BCUT2D eigenvalue weighted by Gasteiger charge is -2.46. The van der Waals surface area contributed by atoms with Crippen molar-refractivity contribution in [1.29, 1.82) is 0 Å². The normalized spacial score (nSPS) is 48.1. The highest BCUT2D eigenvalue weighted by Gasteiger charge is 2.61. The molecule has 0 heterocycles. The number of phosphoric acid groups is 1. The van der Waals surface area contributed by atoms with Crippen LogP contribution in [0.15, 0.2) is 0 Å². The van der Waals surface area contributed by atoms with E-state index in [0.717, 1.165) is 0 Å². The van der Waals surface area contributed by atoms with E-state index in [-0.39, 0.29) is 0 Å². The van der Waals surface area contributed by atoms with E-state index < -0.39 is 44.1 Å². The summed E-state index contributed by atoms with van der Waals surface area (Å²) in [5.41, 5.74) is 0. The summed E-state index contributed by atoms with van der Waals surface area (Å²) in [5, 5.41) is 55.7. The first-order valence-corrected chi connectivity index (χ1v) is 5.92. The first-order chi connectivity index (χ1) is 7.50. The van der Waals surface area contributed by atoms with Crippen molar-refractivity contribution >= 4 is 7.82 Å². The minimum Gasteiger partial charge on any atom is -0.387 e. The highest BCUT2D eigenvalue weighted by atomic mass is 31.2. The molecule has 1 aliphatic rings. The summed E-state index contributed by atoms with van der Waals surface area (Å²) in [4.78, 5) is 17.0. The quantitative estimate of drug-likeness (QED) is 0.180. The lowest BCUT2D eigenvalue weighted by molar-refractivity contribution is -0.336. The molecule has 8 N–H and O–H groups in total. The van der Waals surface area contributed by atoms with E-state index >= 15 is 0 Å². The maximum absolute atomic E-state index is 10.6. The van der Waals surface area contributed by atoms with Crippen LogP contribution in [0, 0.1) is 0 Å². The average Bonchev–Trinajstić information content (AvgIpc) is 2.19. The Kier molecular flexibility index (Phi) is 3.97. The number of phosphoric ester groups is 1. The van der Waals surface area contributed by atoms with E-state index in [0.29, 0.717) is 0 Å². The molecule has 0 radical (unpaired) electrons. The van der Waals surface area contributed by atoms with Crippen LogP contribution in [0.2, 0.25) is 0 Å². The molecule has 0 aliphatic heterocycles. The van der Waals surface area contributed by atoms with Gasteiger partial charge in [-0.2, -0.15) is 0 Å². The Balaban J connectivity index is 3.08. The predicted molar refractivity (Wildman–Crippen MR) is 48.1 cm³/mol. The third-order valence-corrected chi connectivity index (χ3v) is 2.99. The van der Waals surface area contributed by atoms with Crippen LogP contribution in [-0.2, 0) is 9.09 Å². The molecule has 0 amide bonds. The van der Waals surface area contributed by atoms with Gasteiger partial charge in [-0.15, -0.1) is 0 Å². The zero-order valence-electron chi connectivity index (χ0n) is 8.23. The second-order valence-electron chi connectivity index (χ2n) is 3.70. The zero-order valence-corrected chi connectivity index (χ0v) is 9.12. The molecule has 0 bridgehead atoms. The molecule has 1 rings (SSSR count). The van der Waals surface area contributed by atoms with Crippen molar-refractivity contribution < 1.29 is 49.5 Å². The Bertz CT molecular complexity index is 311. The average molecular weight is 276 g/mol. The molecule has 6 atom stereocenters. The topological polar surface area (TPSA) is 188 Å². The van der Waals surface area contributed by atoms with Gasteiger partial charge in [-0.05, 0) is 0 Å². The molecule has 10 nitrogen and oxygen atoms in total. The van der Waals surface area contributed by atoms with E-state index in [2.05, 4.69) is 4.52 Å². The Morgan fingerprint density at radius 2 is 1.24 bits per heavy atom. The predicted octanol–water partition coefficient (Wildman–Crippen LogP) is -4.40. The van der Waals surface area contributed by atoms with E-state index in [4.69, 9.17) is 14.9 Å². The lowest BCUT2D eigenvalue weighted by atomic mass is 9.82. The van der Waals surface area contributed by atoms with Crippen molar-refractivity contribution in [2.75, 3.05) is 0 Å². The summed E-state index contributed by atoms with van der Waals surface area (Å²) in [5.74, 6) is -3.31. The van der Waals surface area contributed by atoms with Gasteiger partial charge in [0.2, 0.25) is 5.79 Å². The molecule has 0 aromatic rings. The van der Waals surface area contributed by atoms with Crippen LogP contribution in [0.1, 0.15) is 0 Å². The van der Waals surface area contributed by atoms with Gasteiger partial charge in [-0.1, -0.05) is 0 Å². The monoisotopic (exact) mass is 276 g/mol. The highest BCUT2D eigenvalue weighted by molar-refractivity contribution is 7.46. The van der Waals surface area contributed by atoms with Gasteiger partial charge in [0, 0.05) is 0 Å². The first kappa shape index (κ1) is 14.9. The highest BCUT2D eigenvalue weighted by Crippen LogP contribution is 2.45. The fourth-order valence-electron chi connectivity index (χ4n) is 1.54. The minimum absolute atomic E-state index is 2.01. The SMILES string of the molecule is O=P(O)(O)OC1(O)[C@H](O)[C@@H](O)C(O)[C@H](O)[C@@H]1O. The fraction of sp³-hybridized carbons (Fsp3) is 1.00. The summed E-state index contributed by atoms with van der Waals surface area (Å²) >= 11 is 0. The second kappa shape index (κ2) is 4.52. The molecular formula is C6H13O10P. The molecule has 0 saturated heterocycles. The van der Waals surface area contributed by atoms with Crippen molar-refractivity contribution in [3.63, 3.8) is 0 Å². The van der Waals surface area contributed by atoms with Crippen LogP contribution in [0.5, 0.6) is 0 Å². The van der Waals surface area contributed by atoms with Crippen LogP contribution < -0.4 is 0 Å². The van der Waals surface area contributed by atoms with E-state index in [1.165, 1.54) is 0 Å². The third kappa shape index (κ3) is 2.66. The zero-order chi connectivity index (χ0) is 13.6. The number of aliphatic hydroxyl groups is 6. The molecule has 17 heavy (non-hydrogen) atoms. The smallest absolute Gasteiger partial charge is 0.387 e. The second-order valence-corrected chi connectivity index (χ2v) is 4.86. The largest absolute Gasteiger partial charge is 0.472 e. The molecule has 102 valence electrons. The maximum Gasteiger partial charge on any atom is 0.472 e. The molecule has 0 spiro atoms. The number of hydrogen-bond acceptors (Lipinski definition) is 8. The van der Waals surface area contributed by atoms with Crippen molar-refractivity contribution in [3.8, 4) is 0 Å². The van der Waals surface area contributed by atoms with Crippen LogP contribution in [0.25, 0.3) is 0 Å². The first-order valence-electron chi connectivity index (χ1n) is 4.39. The molecule has 0 aromatic carbocycles. The van der Waals surface area contributed by atoms with Gasteiger partial charge in [0.05, 0.1) is 0 Å². The summed E-state index contributed by atoms with van der Waals surface area (Å²) in [6.45, 7) is 0. The van der Waals surface area contributed by atoms with Crippen LogP contribution >= 0.6 is 7.82 Å². The Labute approximate surface area is 94.6 Å². The van der Waals surface area contributed by atoms with Crippen molar-refractivity contribution in [1.82, 2.24) is 0 Å². The number of hydrogen-bond donors (Lipinski definition) is 8. The summed E-state index contributed by atoms with van der Waals surface area (Å²) in [6.07, 6.45) is -11.2. The number of aliphatic hydroxyl groups excluding tert-OH is 5. The van der Waals surface area contributed by atoms with Gasteiger partial charge in [-0.3, -0.25) is 0 Å².